The van der Waals surface area contributed by atoms with Gasteiger partial charge in [0.2, 0.25) is 0 Å². The molecular formula is C68H111NO8P+. The molecule has 9 nitrogen and oxygen atoms in total. The summed E-state index contributed by atoms with van der Waals surface area (Å²) in [5, 5.41) is 0. The van der Waals surface area contributed by atoms with Crippen LogP contribution in [0.2, 0.25) is 0 Å². The van der Waals surface area contributed by atoms with Crippen molar-refractivity contribution < 1.29 is 42.1 Å². The number of nitrogens with zero attached hydrogens (tertiary/aromatic N) is 1. The molecule has 0 aromatic heterocycles. The van der Waals surface area contributed by atoms with Gasteiger partial charge in [0.15, 0.2) is 6.10 Å². The summed E-state index contributed by atoms with van der Waals surface area (Å²) in [5.41, 5.74) is 0. The van der Waals surface area contributed by atoms with Crippen molar-refractivity contribution in [2.24, 2.45) is 0 Å². The van der Waals surface area contributed by atoms with Crippen molar-refractivity contribution in [3.63, 3.8) is 0 Å². The minimum atomic E-state index is -4.41. The maximum atomic E-state index is 12.8. The van der Waals surface area contributed by atoms with Gasteiger partial charge in [0.1, 0.15) is 19.8 Å². The number of phosphoric ester groups is 1. The number of unbranched alkanes of at least 4 members (excludes halogenated alkanes) is 13. The molecule has 2 unspecified atom stereocenters. The lowest BCUT2D eigenvalue weighted by atomic mass is 10.1. The molecule has 0 aliphatic carbocycles. The average molecular weight is 1100 g/mol. The predicted molar refractivity (Wildman–Crippen MR) is 334 cm³/mol. The number of carbonyl (C=O) groups is 2. The number of hydrogen-bond acceptors (Lipinski definition) is 7. The van der Waals surface area contributed by atoms with Crippen molar-refractivity contribution in [2.75, 3.05) is 47.5 Å². The SMILES string of the molecule is CC/C=C\C/C=C\C/C=C\C/C=C\C/C=C\C/C=C\C/C=C\CCCCCCCC(=O)OC(COC(=O)CCCCCCCCCC/C=C\C/C=C\C/C=C\C/C=C\C/C=C\C/C=C\CC)COP(=O)(O)OCC[N+](C)(C)C. The standard InChI is InChI=1S/C68H110NO8P/c1-6-8-10-12-14-16-18-20-22-24-26-28-30-32-34-36-38-40-42-44-46-48-50-52-54-56-58-60-67(70)74-64-66(65-76-78(72,73)75-63-62-69(3,4)5)77-68(71)61-59-57-55-53-51-49-47-45-43-41-39-37-35-33-31-29-27-25-23-21-19-17-15-13-11-9-7-2/h8-11,14-17,20-23,26-29,32-35,38-41,45,47,66H,6-7,12-13,18-19,24-25,30-31,36-37,42-44,46,48-65H2,1-5H3/p+1/b10-8-,11-9-,16-14-,17-15-,22-20-,23-21-,28-26-,29-27-,34-32-,35-33-,40-38-,41-39-,47-45-. The highest BCUT2D eigenvalue weighted by atomic mass is 31.2. The molecule has 0 saturated carbocycles. The van der Waals surface area contributed by atoms with Gasteiger partial charge in [0, 0.05) is 12.8 Å². The molecule has 0 heterocycles. The molecule has 0 aliphatic heterocycles. The molecule has 0 amide bonds. The Balaban J connectivity index is 4.28. The van der Waals surface area contributed by atoms with Crippen LogP contribution in [0.1, 0.15) is 206 Å². The number of allylic oxidation sites excluding steroid dienone is 26. The monoisotopic (exact) mass is 1100 g/mol. The number of quaternary nitrogens is 1. The molecular weight excluding hydrogens is 990 g/mol. The van der Waals surface area contributed by atoms with E-state index in [9.17, 15) is 19.0 Å². The maximum absolute atomic E-state index is 12.8. The lowest BCUT2D eigenvalue weighted by Gasteiger charge is -2.24. The van der Waals surface area contributed by atoms with Gasteiger partial charge in [-0.3, -0.25) is 18.6 Å². The normalized spacial score (nSPS) is 14.4. The van der Waals surface area contributed by atoms with Crippen LogP contribution in [0.4, 0.5) is 0 Å². The van der Waals surface area contributed by atoms with Crippen molar-refractivity contribution >= 4 is 19.8 Å². The van der Waals surface area contributed by atoms with Crippen LogP contribution in [-0.4, -0.2) is 74.9 Å². The van der Waals surface area contributed by atoms with Gasteiger partial charge < -0.3 is 18.9 Å². The number of ether oxygens (including phenoxy) is 2. The number of rotatable bonds is 53. The highest BCUT2D eigenvalue weighted by Crippen LogP contribution is 2.43. The third kappa shape index (κ3) is 60.9. The molecule has 2 atom stereocenters. The summed E-state index contributed by atoms with van der Waals surface area (Å²) < 4.78 is 34.6. The van der Waals surface area contributed by atoms with Gasteiger partial charge in [-0.1, -0.05) is 230 Å². The molecule has 0 aromatic rings. The van der Waals surface area contributed by atoms with Gasteiger partial charge in [-0.15, -0.1) is 0 Å². The molecule has 78 heavy (non-hydrogen) atoms. The summed E-state index contributed by atoms with van der Waals surface area (Å²) in [6.45, 7) is 4.15. The summed E-state index contributed by atoms with van der Waals surface area (Å²) in [6, 6.07) is 0. The average Bonchev–Trinajstić information content (AvgIpc) is 3.41. The number of phosphoric acid groups is 1. The number of likely N-dealkylation sites (N-methyl/N-ethyl adjacent to an activating group) is 1. The van der Waals surface area contributed by atoms with E-state index in [0.29, 0.717) is 17.4 Å². The molecule has 0 aromatic carbocycles. The molecule has 0 saturated heterocycles. The quantitative estimate of drug-likeness (QED) is 0.0211. The van der Waals surface area contributed by atoms with E-state index in [4.69, 9.17) is 18.5 Å². The van der Waals surface area contributed by atoms with Crippen molar-refractivity contribution in [1.82, 2.24) is 0 Å². The Morgan fingerprint density at radius 1 is 0.397 bits per heavy atom. The molecule has 0 spiro atoms. The third-order valence-corrected chi connectivity index (χ3v) is 13.0. The first-order valence-electron chi connectivity index (χ1n) is 30.2. The second-order valence-electron chi connectivity index (χ2n) is 20.6. The topological polar surface area (TPSA) is 108 Å². The van der Waals surface area contributed by atoms with Crippen molar-refractivity contribution in [2.45, 2.75) is 213 Å². The molecule has 0 rings (SSSR count). The predicted octanol–water partition coefficient (Wildman–Crippen LogP) is 19.3. The van der Waals surface area contributed by atoms with E-state index in [2.05, 4.69) is 172 Å². The first-order valence-corrected chi connectivity index (χ1v) is 31.7. The van der Waals surface area contributed by atoms with E-state index in [1.165, 1.54) is 25.7 Å². The minimum absolute atomic E-state index is 0.0163. The first kappa shape index (κ1) is 73.6. The Kier molecular flexibility index (Phi) is 54.1. The fraction of sp³-hybridized carbons (Fsp3) is 0.588. The van der Waals surface area contributed by atoms with Gasteiger partial charge in [0.05, 0.1) is 27.7 Å². The van der Waals surface area contributed by atoms with Crippen LogP contribution in [0.3, 0.4) is 0 Å². The second kappa shape index (κ2) is 57.3. The van der Waals surface area contributed by atoms with Gasteiger partial charge in [0.25, 0.3) is 0 Å². The van der Waals surface area contributed by atoms with E-state index in [1.807, 2.05) is 21.1 Å². The van der Waals surface area contributed by atoms with Crippen molar-refractivity contribution in [1.29, 1.82) is 0 Å². The summed E-state index contributed by atoms with van der Waals surface area (Å²) in [5.74, 6) is -0.843. The molecule has 0 radical (unpaired) electrons. The smallest absolute Gasteiger partial charge is 0.462 e. The van der Waals surface area contributed by atoms with E-state index < -0.39 is 26.5 Å². The van der Waals surface area contributed by atoms with E-state index in [1.54, 1.807) is 0 Å². The summed E-state index contributed by atoms with van der Waals surface area (Å²) in [6.07, 6.45) is 85.9. The number of carbonyl (C=O) groups excluding carboxylic acids is 2. The van der Waals surface area contributed by atoms with E-state index in [-0.39, 0.29) is 32.0 Å². The lowest BCUT2D eigenvalue weighted by Crippen LogP contribution is -2.37. The Morgan fingerprint density at radius 2 is 0.692 bits per heavy atom. The Labute approximate surface area is 477 Å². The molecule has 0 aliphatic rings. The van der Waals surface area contributed by atoms with Crippen LogP contribution in [0, 0.1) is 0 Å². The van der Waals surface area contributed by atoms with Crippen molar-refractivity contribution in [3.8, 4) is 0 Å². The van der Waals surface area contributed by atoms with E-state index in [0.717, 1.165) is 148 Å². The lowest BCUT2D eigenvalue weighted by molar-refractivity contribution is -0.870. The summed E-state index contributed by atoms with van der Waals surface area (Å²) in [7, 11) is 1.43. The van der Waals surface area contributed by atoms with Crippen LogP contribution in [-0.2, 0) is 32.7 Å². The first-order chi connectivity index (χ1) is 38.0. The summed E-state index contributed by atoms with van der Waals surface area (Å²) in [4.78, 5) is 35.8. The second-order valence-corrected chi connectivity index (χ2v) is 22.1. The maximum Gasteiger partial charge on any atom is 0.472 e. The van der Waals surface area contributed by atoms with Crippen molar-refractivity contribution in [3.05, 3.63) is 158 Å². The van der Waals surface area contributed by atoms with Crippen LogP contribution < -0.4 is 0 Å². The summed E-state index contributed by atoms with van der Waals surface area (Å²) >= 11 is 0. The highest BCUT2D eigenvalue weighted by molar-refractivity contribution is 7.47. The van der Waals surface area contributed by atoms with Crippen LogP contribution in [0.15, 0.2) is 158 Å². The van der Waals surface area contributed by atoms with Crippen LogP contribution in [0.5, 0.6) is 0 Å². The molecule has 10 heteroatoms. The zero-order valence-electron chi connectivity index (χ0n) is 49.8. The van der Waals surface area contributed by atoms with Gasteiger partial charge in [-0.25, -0.2) is 4.57 Å². The number of esters is 2. The van der Waals surface area contributed by atoms with Gasteiger partial charge in [-0.2, -0.15) is 0 Å². The van der Waals surface area contributed by atoms with Gasteiger partial charge >= 0.3 is 19.8 Å². The highest BCUT2D eigenvalue weighted by Gasteiger charge is 2.27. The van der Waals surface area contributed by atoms with Crippen LogP contribution in [0.25, 0.3) is 0 Å². The Hall–Kier alpha value is -4.37. The zero-order valence-corrected chi connectivity index (χ0v) is 50.7. The zero-order chi connectivity index (χ0) is 57.0. The Morgan fingerprint density at radius 3 is 1.03 bits per heavy atom. The minimum Gasteiger partial charge on any atom is -0.462 e. The fourth-order valence-electron chi connectivity index (χ4n) is 7.47. The molecule has 1 N–H and O–H groups in total. The molecule has 0 fully saturated rings. The molecule has 0 bridgehead atoms. The largest absolute Gasteiger partial charge is 0.472 e. The molecule has 440 valence electrons. The van der Waals surface area contributed by atoms with E-state index >= 15 is 0 Å². The van der Waals surface area contributed by atoms with Crippen LogP contribution >= 0.6 is 7.82 Å². The third-order valence-electron chi connectivity index (χ3n) is 12.1. The Bertz CT molecular complexity index is 1870. The fourth-order valence-corrected chi connectivity index (χ4v) is 8.21. The number of hydrogen-bond donors (Lipinski definition) is 1. The van der Waals surface area contributed by atoms with Gasteiger partial charge in [-0.05, 0) is 122 Å².